The van der Waals surface area contributed by atoms with Crippen molar-refractivity contribution >= 4 is 17.0 Å². The smallest absolute Gasteiger partial charge is 0.262 e. The fourth-order valence-electron chi connectivity index (χ4n) is 4.45. The van der Waals surface area contributed by atoms with Gasteiger partial charge in [-0.2, -0.15) is 4.98 Å². The number of fused-ring (bicyclic) bond motifs is 2. The van der Waals surface area contributed by atoms with Crippen molar-refractivity contribution in [3.63, 3.8) is 0 Å². The van der Waals surface area contributed by atoms with Crippen LogP contribution in [-0.2, 0) is 16.0 Å². The second-order valence-corrected chi connectivity index (χ2v) is 7.89. The molecule has 5 rings (SSSR count). The highest BCUT2D eigenvalue weighted by atomic mass is 16.6. The molecule has 9 atom stereocenters. The number of rotatable bonds is 5. The van der Waals surface area contributed by atoms with Crippen LogP contribution < -0.4 is 16.6 Å². The van der Waals surface area contributed by atoms with Gasteiger partial charge in [0.15, 0.2) is 11.9 Å². The molecule has 9 N–H and O–H groups in total. The maximum Gasteiger partial charge on any atom is 0.262 e. The summed E-state index contributed by atoms with van der Waals surface area (Å²) >= 11 is 0. The molecule has 0 amide bonds. The Kier molecular flexibility index (Phi) is 4.61. The number of epoxide rings is 1. The first-order valence-corrected chi connectivity index (χ1v) is 9.58. The lowest BCUT2D eigenvalue weighted by atomic mass is 10.1. The highest BCUT2D eigenvalue weighted by Gasteiger charge is 2.61. The molecule has 164 valence electrons. The average Bonchev–Trinajstić information content (AvgIpc) is 3.26. The summed E-state index contributed by atoms with van der Waals surface area (Å²) in [6.07, 6.45) is -5.95. The third-order valence-corrected chi connectivity index (χ3v) is 6.07. The third kappa shape index (κ3) is 2.86. The Bertz CT molecular complexity index is 1030. The number of aliphatic hydroxyl groups is 5. The summed E-state index contributed by atoms with van der Waals surface area (Å²) in [6, 6.07) is -0.516. The monoisotopic (exact) mass is 425 g/mol. The molecule has 2 aliphatic heterocycles. The van der Waals surface area contributed by atoms with Crippen LogP contribution in [0.15, 0.2) is 11.0 Å². The first kappa shape index (κ1) is 19.8. The number of H-pyrrole nitrogens is 1. The second-order valence-electron chi connectivity index (χ2n) is 7.89. The Morgan fingerprint density at radius 3 is 2.53 bits per heavy atom. The maximum atomic E-state index is 12.6. The van der Waals surface area contributed by atoms with Gasteiger partial charge in [0.05, 0.1) is 18.0 Å². The Balaban J connectivity index is 1.49. The number of ether oxygens (including phenoxy) is 2. The topological polar surface area (TPSA) is 212 Å². The molecule has 30 heavy (non-hydrogen) atoms. The van der Waals surface area contributed by atoms with Gasteiger partial charge in [-0.15, -0.1) is 0 Å². The molecule has 13 nitrogen and oxygen atoms in total. The Labute approximate surface area is 168 Å². The van der Waals surface area contributed by atoms with E-state index in [4.69, 9.17) is 15.2 Å². The highest BCUT2D eigenvalue weighted by molar-refractivity contribution is 5.80. The van der Waals surface area contributed by atoms with Crippen molar-refractivity contribution in [3.8, 4) is 0 Å². The number of nitrogens with two attached hydrogens (primary N) is 1. The van der Waals surface area contributed by atoms with Gasteiger partial charge >= 0.3 is 0 Å². The van der Waals surface area contributed by atoms with E-state index in [1.165, 1.54) is 10.8 Å². The molecule has 3 aliphatic rings. The van der Waals surface area contributed by atoms with Crippen molar-refractivity contribution in [3.05, 3.63) is 22.1 Å². The van der Waals surface area contributed by atoms with Crippen molar-refractivity contribution in [2.45, 2.75) is 61.5 Å². The largest absolute Gasteiger partial charge is 0.394 e. The van der Waals surface area contributed by atoms with E-state index in [0.717, 1.165) is 0 Å². The van der Waals surface area contributed by atoms with Crippen molar-refractivity contribution in [2.24, 2.45) is 0 Å². The molecule has 0 bridgehead atoms. The van der Waals surface area contributed by atoms with Crippen LogP contribution in [0.5, 0.6) is 0 Å². The van der Waals surface area contributed by atoms with E-state index in [2.05, 4.69) is 15.3 Å². The van der Waals surface area contributed by atoms with Gasteiger partial charge in [0.25, 0.3) is 5.56 Å². The number of aromatic nitrogens is 3. The van der Waals surface area contributed by atoms with Gasteiger partial charge in [-0.3, -0.25) is 9.78 Å². The zero-order chi connectivity index (χ0) is 21.3. The van der Waals surface area contributed by atoms with Crippen LogP contribution in [0.3, 0.4) is 0 Å². The van der Waals surface area contributed by atoms with E-state index in [-0.39, 0.29) is 29.6 Å². The van der Waals surface area contributed by atoms with Gasteiger partial charge in [0, 0.05) is 12.7 Å². The number of nitrogen functional groups attached to an aromatic ring is 1. The minimum absolute atomic E-state index is 0.119. The normalized spacial score (nSPS) is 40.2. The zero-order valence-electron chi connectivity index (χ0n) is 15.6. The Morgan fingerprint density at radius 1 is 1.13 bits per heavy atom. The van der Waals surface area contributed by atoms with Crippen molar-refractivity contribution in [1.82, 2.24) is 19.9 Å². The summed E-state index contributed by atoms with van der Waals surface area (Å²) in [5.41, 5.74) is 5.78. The average molecular weight is 425 g/mol. The zero-order valence-corrected chi connectivity index (χ0v) is 15.6. The molecule has 13 heteroatoms. The fraction of sp³-hybridized carbons (Fsp3) is 0.647. The lowest BCUT2D eigenvalue weighted by Gasteiger charge is -2.20. The number of aliphatic hydroxyl groups excluding tert-OH is 5. The number of hydrogen-bond acceptors (Lipinski definition) is 11. The standard InChI is InChI=1S/C17H23N5O8/c18-17-20-14-6(15(28)21-17)4(1-19-7-9(25)10(26)13-12(7)30-13)2-22(14)16-11(27)8(24)5(3-23)29-16/h2,5,7-13,16,19,23-27H,1,3H2,(H3,18,20,21,28)/t5?,7?,8?,9-,10-,11?,12-,13+,16?/m0/s1. The lowest BCUT2D eigenvalue weighted by molar-refractivity contribution is -0.0509. The fourth-order valence-corrected chi connectivity index (χ4v) is 4.45. The summed E-state index contributed by atoms with van der Waals surface area (Å²) in [7, 11) is 0. The van der Waals surface area contributed by atoms with Crippen LogP contribution in [-0.4, -0.2) is 95.4 Å². The minimum Gasteiger partial charge on any atom is -0.394 e. The van der Waals surface area contributed by atoms with Crippen molar-refractivity contribution in [1.29, 1.82) is 0 Å². The molecule has 2 saturated heterocycles. The molecule has 0 radical (unpaired) electrons. The van der Waals surface area contributed by atoms with Crippen molar-refractivity contribution < 1.29 is 35.0 Å². The number of nitrogens with one attached hydrogen (secondary N) is 2. The van der Waals surface area contributed by atoms with Gasteiger partial charge in [0.2, 0.25) is 5.95 Å². The highest BCUT2D eigenvalue weighted by Crippen LogP contribution is 2.39. The van der Waals surface area contributed by atoms with Gasteiger partial charge < -0.3 is 50.6 Å². The van der Waals surface area contributed by atoms with E-state index < -0.39 is 61.1 Å². The SMILES string of the molecule is Nc1nc2c(c(CNC3[C@H](O)[C@H](O)[C@H]4O[C@@H]34)cn2C2OC(CO)C(O)C2O)c(=O)[nH]1. The first-order chi connectivity index (χ1) is 14.3. The van der Waals surface area contributed by atoms with Gasteiger partial charge in [-0.05, 0) is 5.56 Å². The molecular formula is C17H23N5O8. The predicted octanol–water partition coefficient (Wildman–Crippen LogP) is -4.12. The number of aromatic amines is 1. The molecule has 2 aromatic rings. The number of anilines is 1. The van der Waals surface area contributed by atoms with E-state index in [1.54, 1.807) is 0 Å². The predicted molar refractivity (Wildman–Crippen MR) is 99.1 cm³/mol. The number of nitrogens with zero attached hydrogens (tertiary/aromatic N) is 2. The van der Waals surface area contributed by atoms with Gasteiger partial charge in [0.1, 0.15) is 42.7 Å². The molecule has 5 unspecified atom stereocenters. The second kappa shape index (κ2) is 6.96. The summed E-state index contributed by atoms with van der Waals surface area (Å²) < 4.78 is 12.3. The molecule has 3 fully saturated rings. The molecule has 1 saturated carbocycles. The molecular weight excluding hydrogens is 402 g/mol. The molecule has 0 spiro atoms. The van der Waals surface area contributed by atoms with E-state index in [9.17, 15) is 30.3 Å². The van der Waals surface area contributed by atoms with Gasteiger partial charge in [-0.1, -0.05) is 0 Å². The minimum atomic E-state index is -1.37. The van der Waals surface area contributed by atoms with Crippen LogP contribution in [0.25, 0.3) is 11.0 Å². The number of hydrogen-bond donors (Lipinski definition) is 8. The van der Waals surface area contributed by atoms with Gasteiger partial charge in [-0.25, -0.2) is 0 Å². The van der Waals surface area contributed by atoms with Crippen LogP contribution in [0.2, 0.25) is 0 Å². The molecule has 4 heterocycles. The van der Waals surface area contributed by atoms with Crippen LogP contribution >= 0.6 is 0 Å². The summed E-state index contributed by atoms with van der Waals surface area (Å²) in [6.45, 7) is -0.378. The van der Waals surface area contributed by atoms with E-state index >= 15 is 0 Å². The molecule has 2 aromatic heterocycles. The van der Waals surface area contributed by atoms with Crippen molar-refractivity contribution in [2.75, 3.05) is 12.3 Å². The van der Waals surface area contributed by atoms with Crippen LogP contribution in [0.4, 0.5) is 5.95 Å². The summed E-state index contributed by atoms with van der Waals surface area (Å²) in [4.78, 5) is 19.1. The third-order valence-electron chi connectivity index (χ3n) is 6.07. The van der Waals surface area contributed by atoms with E-state index in [1.807, 2.05) is 0 Å². The summed E-state index contributed by atoms with van der Waals surface area (Å²) in [5, 5.41) is 53.1. The Hall–Kier alpha value is -2.10. The summed E-state index contributed by atoms with van der Waals surface area (Å²) in [5.74, 6) is -0.137. The van der Waals surface area contributed by atoms with Crippen LogP contribution in [0, 0.1) is 0 Å². The molecule has 0 aromatic carbocycles. The van der Waals surface area contributed by atoms with E-state index in [0.29, 0.717) is 5.56 Å². The molecule has 1 aliphatic carbocycles. The first-order valence-electron chi connectivity index (χ1n) is 9.58. The lowest BCUT2D eigenvalue weighted by Crippen LogP contribution is -2.44. The Morgan fingerprint density at radius 2 is 1.90 bits per heavy atom. The quantitative estimate of drug-likeness (QED) is 0.216. The maximum absolute atomic E-state index is 12.6. The van der Waals surface area contributed by atoms with Crippen LogP contribution in [0.1, 0.15) is 11.8 Å².